The number of rotatable bonds is 3. The van der Waals surface area contributed by atoms with E-state index in [4.69, 9.17) is 16.7 Å². The van der Waals surface area contributed by atoms with Crippen LogP contribution < -0.4 is 0 Å². The number of hydrogen-bond acceptors (Lipinski definition) is 3. The largest absolute Gasteiger partial charge is 0.481 e. The van der Waals surface area contributed by atoms with Gasteiger partial charge in [-0.3, -0.25) is 9.69 Å². The van der Waals surface area contributed by atoms with Gasteiger partial charge in [-0.15, -0.1) is 11.3 Å². The third-order valence-electron chi connectivity index (χ3n) is 2.38. The van der Waals surface area contributed by atoms with Crippen LogP contribution in [-0.2, 0) is 11.3 Å². The maximum atomic E-state index is 10.6. The number of likely N-dealkylation sites (tertiary alicyclic amines) is 1. The molecular weight excluding hydrogens is 302 g/mol. The highest BCUT2D eigenvalue weighted by molar-refractivity contribution is 9.10. The van der Waals surface area contributed by atoms with E-state index < -0.39 is 5.97 Å². The summed E-state index contributed by atoms with van der Waals surface area (Å²) in [7, 11) is 0. The van der Waals surface area contributed by atoms with Crippen molar-refractivity contribution in [1.82, 2.24) is 4.90 Å². The van der Waals surface area contributed by atoms with E-state index in [1.165, 1.54) is 11.3 Å². The molecule has 1 aromatic rings. The number of halogens is 2. The molecule has 1 aliphatic heterocycles. The molecule has 2 heterocycles. The molecule has 1 aromatic heterocycles. The molecule has 1 aliphatic rings. The highest BCUT2D eigenvalue weighted by Crippen LogP contribution is 2.33. The average Bonchev–Trinajstić information content (AvgIpc) is 2.37. The zero-order chi connectivity index (χ0) is 11.0. The van der Waals surface area contributed by atoms with Gasteiger partial charge in [-0.2, -0.15) is 0 Å². The van der Waals surface area contributed by atoms with E-state index >= 15 is 0 Å². The minimum atomic E-state index is -0.698. The highest BCUT2D eigenvalue weighted by Gasteiger charge is 2.32. The SMILES string of the molecule is O=C(O)C1CN(Cc2cc(Br)c(Cl)s2)C1. The van der Waals surface area contributed by atoms with Crippen molar-refractivity contribution in [1.29, 1.82) is 0 Å². The second-order valence-corrected chi connectivity index (χ2v) is 6.16. The van der Waals surface area contributed by atoms with E-state index in [9.17, 15) is 4.79 Å². The van der Waals surface area contributed by atoms with Gasteiger partial charge in [-0.1, -0.05) is 11.6 Å². The van der Waals surface area contributed by atoms with Crippen LogP contribution in [0.2, 0.25) is 4.34 Å². The smallest absolute Gasteiger partial charge is 0.309 e. The number of carbonyl (C=O) groups is 1. The Morgan fingerprint density at radius 2 is 2.40 bits per heavy atom. The van der Waals surface area contributed by atoms with Crippen LogP contribution in [0, 0.1) is 5.92 Å². The molecule has 0 atom stereocenters. The molecule has 2 rings (SSSR count). The minimum absolute atomic E-state index is 0.191. The fourth-order valence-corrected chi connectivity index (χ4v) is 3.38. The molecule has 1 N–H and O–H groups in total. The van der Waals surface area contributed by atoms with Gasteiger partial charge in [0, 0.05) is 29.0 Å². The Balaban J connectivity index is 1.87. The quantitative estimate of drug-likeness (QED) is 0.933. The first kappa shape index (κ1) is 11.4. The molecular formula is C9H9BrClNO2S. The molecule has 0 amide bonds. The van der Waals surface area contributed by atoms with Gasteiger partial charge in [0.2, 0.25) is 0 Å². The summed E-state index contributed by atoms with van der Waals surface area (Å²) < 4.78 is 1.67. The lowest BCUT2D eigenvalue weighted by molar-refractivity contribution is -0.147. The fraction of sp³-hybridized carbons (Fsp3) is 0.444. The van der Waals surface area contributed by atoms with Crippen molar-refractivity contribution in [2.24, 2.45) is 5.92 Å². The van der Waals surface area contributed by atoms with E-state index in [1.54, 1.807) is 0 Å². The third-order valence-corrected chi connectivity index (χ3v) is 4.84. The molecule has 0 spiro atoms. The Morgan fingerprint density at radius 3 is 2.87 bits per heavy atom. The Bertz CT molecular complexity index is 370. The van der Waals surface area contributed by atoms with E-state index in [1.807, 2.05) is 6.07 Å². The number of nitrogens with zero attached hydrogens (tertiary/aromatic N) is 1. The van der Waals surface area contributed by atoms with Crippen LogP contribution in [-0.4, -0.2) is 29.1 Å². The first-order valence-corrected chi connectivity index (χ1v) is 6.44. The monoisotopic (exact) mass is 309 g/mol. The minimum Gasteiger partial charge on any atom is -0.481 e. The number of aliphatic carboxylic acids is 1. The molecule has 0 unspecified atom stereocenters. The zero-order valence-electron chi connectivity index (χ0n) is 7.74. The van der Waals surface area contributed by atoms with Crippen LogP contribution in [0.4, 0.5) is 0 Å². The topological polar surface area (TPSA) is 40.5 Å². The number of carboxylic acid groups (broad SMARTS) is 1. The highest BCUT2D eigenvalue weighted by atomic mass is 79.9. The number of hydrogen-bond donors (Lipinski definition) is 1. The molecule has 0 radical (unpaired) electrons. The second-order valence-electron chi connectivity index (χ2n) is 3.56. The van der Waals surface area contributed by atoms with Gasteiger partial charge in [-0.25, -0.2) is 0 Å². The predicted octanol–water partition coefficient (Wildman–Crippen LogP) is 2.68. The first-order chi connectivity index (χ1) is 7.06. The summed E-state index contributed by atoms with van der Waals surface area (Å²) in [6, 6.07) is 1.99. The molecule has 0 saturated carbocycles. The number of thiophene rings is 1. The lowest BCUT2D eigenvalue weighted by Crippen LogP contribution is -2.49. The molecule has 0 aromatic carbocycles. The van der Waals surface area contributed by atoms with E-state index in [0.717, 1.165) is 20.2 Å². The summed E-state index contributed by atoms with van der Waals surface area (Å²) in [5.74, 6) is -0.888. The Kier molecular flexibility index (Phi) is 3.35. The van der Waals surface area contributed by atoms with Crippen LogP contribution in [0.5, 0.6) is 0 Å². The van der Waals surface area contributed by atoms with Gasteiger partial charge in [0.05, 0.1) is 5.92 Å². The van der Waals surface area contributed by atoms with Gasteiger partial charge in [0.15, 0.2) is 0 Å². The van der Waals surface area contributed by atoms with Crippen molar-refractivity contribution in [3.8, 4) is 0 Å². The van der Waals surface area contributed by atoms with E-state index in [-0.39, 0.29) is 5.92 Å². The summed E-state index contributed by atoms with van der Waals surface area (Å²) in [4.78, 5) is 13.9. The lowest BCUT2D eigenvalue weighted by Gasteiger charge is -2.36. The maximum Gasteiger partial charge on any atom is 0.309 e. The predicted molar refractivity (Wildman–Crippen MR) is 63.4 cm³/mol. The summed E-state index contributed by atoms with van der Waals surface area (Å²) >= 11 is 10.8. The van der Waals surface area contributed by atoms with Gasteiger partial charge in [-0.05, 0) is 22.0 Å². The Morgan fingerprint density at radius 1 is 1.73 bits per heavy atom. The van der Waals surface area contributed by atoms with Crippen LogP contribution >= 0.6 is 38.9 Å². The van der Waals surface area contributed by atoms with E-state index in [0.29, 0.717) is 13.1 Å². The van der Waals surface area contributed by atoms with Crippen molar-refractivity contribution < 1.29 is 9.90 Å². The average molecular weight is 311 g/mol. The van der Waals surface area contributed by atoms with Gasteiger partial charge < -0.3 is 5.11 Å². The van der Waals surface area contributed by atoms with E-state index in [2.05, 4.69) is 20.8 Å². The number of carboxylic acids is 1. The van der Waals surface area contributed by atoms with Crippen LogP contribution in [0.25, 0.3) is 0 Å². The Hall–Kier alpha value is -0.100. The third kappa shape index (κ3) is 2.53. The molecule has 0 aliphatic carbocycles. The second kappa shape index (κ2) is 4.41. The van der Waals surface area contributed by atoms with Gasteiger partial charge in [0.1, 0.15) is 4.34 Å². The molecule has 1 saturated heterocycles. The van der Waals surface area contributed by atoms with Crippen LogP contribution in [0.15, 0.2) is 10.5 Å². The lowest BCUT2D eigenvalue weighted by atomic mass is 10.0. The van der Waals surface area contributed by atoms with Crippen molar-refractivity contribution >= 4 is 44.8 Å². The summed E-state index contributed by atoms with van der Waals surface area (Å²) in [6.07, 6.45) is 0. The van der Waals surface area contributed by atoms with Gasteiger partial charge in [0.25, 0.3) is 0 Å². The maximum absolute atomic E-state index is 10.6. The molecule has 6 heteroatoms. The van der Waals surface area contributed by atoms with Crippen molar-refractivity contribution in [2.75, 3.05) is 13.1 Å². The summed E-state index contributed by atoms with van der Waals surface area (Å²) in [5, 5.41) is 8.71. The first-order valence-electron chi connectivity index (χ1n) is 4.45. The molecule has 82 valence electrons. The normalized spacial score (nSPS) is 17.7. The molecule has 1 fully saturated rings. The summed E-state index contributed by atoms with van der Waals surface area (Å²) in [5.41, 5.74) is 0. The standard InChI is InChI=1S/C9H9BrClNO2S/c10-7-1-6(15-8(7)11)4-12-2-5(3-12)9(13)14/h1,5H,2-4H2,(H,13,14). The van der Waals surface area contributed by atoms with Crippen molar-refractivity contribution in [3.05, 3.63) is 19.8 Å². The fourth-order valence-electron chi connectivity index (χ4n) is 1.54. The molecule has 15 heavy (non-hydrogen) atoms. The van der Waals surface area contributed by atoms with Crippen molar-refractivity contribution in [2.45, 2.75) is 6.54 Å². The molecule has 3 nitrogen and oxygen atoms in total. The van der Waals surface area contributed by atoms with Gasteiger partial charge >= 0.3 is 5.97 Å². The Labute approximate surface area is 105 Å². The molecule has 0 bridgehead atoms. The van der Waals surface area contributed by atoms with Crippen molar-refractivity contribution in [3.63, 3.8) is 0 Å². The van der Waals surface area contributed by atoms with Crippen LogP contribution in [0.1, 0.15) is 4.88 Å². The van der Waals surface area contributed by atoms with Crippen LogP contribution in [0.3, 0.4) is 0 Å². The zero-order valence-corrected chi connectivity index (χ0v) is 10.9. The summed E-state index contributed by atoms with van der Waals surface area (Å²) in [6.45, 7) is 2.07.